The van der Waals surface area contributed by atoms with Crippen LogP contribution in [0.5, 0.6) is 5.75 Å². The molecule has 1 amide bonds. The summed E-state index contributed by atoms with van der Waals surface area (Å²) in [6.07, 6.45) is 6.93. The molecule has 0 heterocycles. The summed E-state index contributed by atoms with van der Waals surface area (Å²) >= 11 is 0. The molecule has 4 heteroatoms. The fourth-order valence-electron chi connectivity index (χ4n) is 1.93. The van der Waals surface area contributed by atoms with Crippen LogP contribution < -0.4 is 11.1 Å². The van der Waals surface area contributed by atoms with Gasteiger partial charge in [-0.25, -0.2) is 0 Å². The molecule has 0 saturated heterocycles. The zero-order valence-electron chi connectivity index (χ0n) is 9.52. The second-order valence-corrected chi connectivity index (χ2v) is 4.20. The first-order valence-corrected chi connectivity index (χ1v) is 5.72. The summed E-state index contributed by atoms with van der Waals surface area (Å²) in [5.41, 5.74) is 6.01. The molecule has 1 aliphatic rings. The van der Waals surface area contributed by atoms with Crippen molar-refractivity contribution >= 4 is 11.6 Å². The molecule has 0 radical (unpaired) electrons. The van der Waals surface area contributed by atoms with E-state index in [0.717, 1.165) is 19.3 Å². The Morgan fingerprint density at radius 2 is 2.24 bits per heavy atom. The van der Waals surface area contributed by atoms with Crippen LogP contribution in [-0.4, -0.2) is 17.1 Å². The van der Waals surface area contributed by atoms with Crippen molar-refractivity contribution in [2.75, 3.05) is 5.73 Å². The van der Waals surface area contributed by atoms with Crippen molar-refractivity contribution in [2.45, 2.75) is 25.3 Å². The highest BCUT2D eigenvalue weighted by atomic mass is 16.3. The summed E-state index contributed by atoms with van der Waals surface area (Å²) in [5, 5.41) is 12.6. The van der Waals surface area contributed by atoms with Gasteiger partial charge in [-0.2, -0.15) is 0 Å². The number of amides is 1. The highest BCUT2D eigenvalue weighted by Crippen LogP contribution is 2.24. The van der Waals surface area contributed by atoms with Gasteiger partial charge in [0.15, 0.2) is 5.75 Å². The maximum absolute atomic E-state index is 11.9. The topological polar surface area (TPSA) is 75.4 Å². The Labute approximate surface area is 100 Å². The van der Waals surface area contributed by atoms with Gasteiger partial charge in [0, 0.05) is 6.04 Å². The first-order valence-electron chi connectivity index (χ1n) is 5.72. The van der Waals surface area contributed by atoms with Crippen molar-refractivity contribution in [1.29, 1.82) is 0 Å². The number of para-hydroxylation sites is 1. The average Bonchev–Trinajstić information content (AvgIpc) is 2.34. The third-order valence-corrected chi connectivity index (χ3v) is 2.92. The minimum atomic E-state index is -0.268. The van der Waals surface area contributed by atoms with Crippen LogP contribution in [0.3, 0.4) is 0 Å². The summed E-state index contributed by atoms with van der Waals surface area (Å²) < 4.78 is 0. The van der Waals surface area contributed by atoms with Crippen molar-refractivity contribution in [1.82, 2.24) is 5.32 Å². The SMILES string of the molecule is Nc1cccc(C(=O)NC2CC=CCC2)c1O. The summed E-state index contributed by atoms with van der Waals surface area (Å²) in [4.78, 5) is 11.9. The molecule has 0 fully saturated rings. The van der Waals surface area contributed by atoms with Gasteiger partial charge in [0.05, 0.1) is 11.3 Å². The molecule has 90 valence electrons. The number of aromatic hydroxyl groups is 1. The minimum Gasteiger partial charge on any atom is -0.505 e. The Hall–Kier alpha value is -1.97. The van der Waals surface area contributed by atoms with E-state index >= 15 is 0 Å². The molecule has 2 rings (SSSR count). The molecule has 4 N–H and O–H groups in total. The van der Waals surface area contributed by atoms with E-state index in [1.54, 1.807) is 18.2 Å². The fourth-order valence-corrected chi connectivity index (χ4v) is 1.93. The molecule has 1 atom stereocenters. The lowest BCUT2D eigenvalue weighted by atomic mass is 10.0. The number of benzene rings is 1. The second kappa shape index (κ2) is 4.91. The number of carbonyl (C=O) groups is 1. The van der Waals surface area contributed by atoms with Crippen molar-refractivity contribution in [2.24, 2.45) is 0 Å². The molecule has 17 heavy (non-hydrogen) atoms. The van der Waals surface area contributed by atoms with Gasteiger partial charge in [0.25, 0.3) is 5.91 Å². The first kappa shape index (κ1) is 11.5. The zero-order valence-corrected chi connectivity index (χ0v) is 9.52. The van der Waals surface area contributed by atoms with Crippen LogP contribution in [0.25, 0.3) is 0 Å². The third kappa shape index (κ3) is 2.58. The molecule has 1 aromatic carbocycles. The normalized spacial score (nSPS) is 18.9. The number of hydrogen-bond donors (Lipinski definition) is 3. The van der Waals surface area contributed by atoms with Gasteiger partial charge in [-0.1, -0.05) is 18.2 Å². The van der Waals surface area contributed by atoms with E-state index in [-0.39, 0.29) is 28.9 Å². The highest BCUT2D eigenvalue weighted by molar-refractivity contribution is 5.98. The van der Waals surface area contributed by atoms with Crippen molar-refractivity contribution in [3.63, 3.8) is 0 Å². The van der Waals surface area contributed by atoms with Crippen LogP contribution in [0.15, 0.2) is 30.4 Å². The van der Waals surface area contributed by atoms with Crippen molar-refractivity contribution in [3.05, 3.63) is 35.9 Å². The van der Waals surface area contributed by atoms with Gasteiger partial charge in [-0.05, 0) is 31.4 Å². The van der Waals surface area contributed by atoms with Crippen LogP contribution in [0.1, 0.15) is 29.6 Å². The molecule has 0 aliphatic heterocycles. The number of nitrogen functional groups attached to an aromatic ring is 1. The van der Waals surface area contributed by atoms with Crippen LogP contribution in [-0.2, 0) is 0 Å². The summed E-state index contributed by atoms with van der Waals surface area (Å²) in [6.45, 7) is 0. The van der Waals surface area contributed by atoms with Crippen LogP contribution in [0.2, 0.25) is 0 Å². The van der Waals surface area contributed by atoms with Crippen LogP contribution in [0.4, 0.5) is 5.69 Å². The number of hydrogen-bond acceptors (Lipinski definition) is 3. The number of nitrogens with two attached hydrogens (primary N) is 1. The van der Waals surface area contributed by atoms with Crippen LogP contribution >= 0.6 is 0 Å². The Morgan fingerprint density at radius 3 is 2.94 bits per heavy atom. The minimum absolute atomic E-state index is 0.142. The van der Waals surface area contributed by atoms with E-state index in [1.807, 2.05) is 0 Å². The first-order chi connectivity index (χ1) is 8.18. The molecule has 0 saturated carbocycles. The number of phenolic OH excluding ortho intramolecular Hbond substituents is 1. The lowest BCUT2D eigenvalue weighted by Crippen LogP contribution is -2.35. The summed E-state index contributed by atoms with van der Waals surface area (Å²) in [6, 6.07) is 4.94. The Balaban J connectivity index is 2.09. The number of allylic oxidation sites excluding steroid dienone is 1. The van der Waals surface area contributed by atoms with E-state index < -0.39 is 0 Å². The largest absolute Gasteiger partial charge is 0.505 e. The van der Waals surface area contributed by atoms with Gasteiger partial charge in [0.1, 0.15) is 0 Å². The molecule has 1 unspecified atom stereocenters. The zero-order chi connectivity index (χ0) is 12.3. The van der Waals surface area contributed by atoms with E-state index in [2.05, 4.69) is 17.5 Å². The molecule has 1 aliphatic carbocycles. The van der Waals surface area contributed by atoms with Gasteiger partial charge in [-0.3, -0.25) is 4.79 Å². The van der Waals surface area contributed by atoms with Gasteiger partial charge in [-0.15, -0.1) is 0 Å². The fraction of sp³-hybridized carbons (Fsp3) is 0.308. The quantitative estimate of drug-likeness (QED) is 0.413. The number of carbonyl (C=O) groups excluding carboxylic acids is 1. The lowest BCUT2D eigenvalue weighted by molar-refractivity contribution is 0.0932. The van der Waals surface area contributed by atoms with Gasteiger partial charge >= 0.3 is 0 Å². The molecule has 0 aromatic heterocycles. The van der Waals surface area contributed by atoms with E-state index in [0.29, 0.717) is 0 Å². The van der Waals surface area contributed by atoms with E-state index in [9.17, 15) is 9.90 Å². The number of nitrogens with one attached hydrogen (secondary N) is 1. The Kier molecular flexibility index (Phi) is 3.32. The van der Waals surface area contributed by atoms with E-state index in [4.69, 9.17) is 5.73 Å². The molecular weight excluding hydrogens is 216 g/mol. The Bertz CT molecular complexity index is 455. The van der Waals surface area contributed by atoms with Crippen molar-refractivity contribution in [3.8, 4) is 5.75 Å². The smallest absolute Gasteiger partial charge is 0.255 e. The second-order valence-electron chi connectivity index (χ2n) is 4.20. The van der Waals surface area contributed by atoms with Gasteiger partial charge in [0.2, 0.25) is 0 Å². The number of rotatable bonds is 2. The van der Waals surface area contributed by atoms with Gasteiger partial charge < -0.3 is 16.2 Å². The number of phenols is 1. The monoisotopic (exact) mass is 232 g/mol. The third-order valence-electron chi connectivity index (χ3n) is 2.92. The lowest BCUT2D eigenvalue weighted by Gasteiger charge is -2.19. The maximum atomic E-state index is 11.9. The molecule has 4 nitrogen and oxygen atoms in total. The maximum Gasteiger partial charge on any atom is 0.255 e. The average molecular weight is 232 g/mol. The predicted octanol–water partition coefficient (Wildman–Crippen LogP) is 1.81. The standard InChI is InChI=1S/C13H16N2O2/c14-11-8-4-7-10(12(11)16)13(17)15-9-5-2-1-3-6-9/h1-2,4,7-9,16H,3,5-6,14H2,(H,15,17). The molecule has 0 spiro atoms. The predicted molar refractivity (Wildman–Crippen MR) is 66.8 cm³/mol. The van der Waals surface area contributed by atoms with Crippen molar-refractivity contribution < 1.29 is 9.90 Å². The van der Waals surface area contributed by atoms with Crippen LogP contribution in [0, 0.1) is 0 Å². The summed E-state index contributed by atoms with van der Waals surface area (Å²) in [5.74, 6) is -0.411. The number of anilines is 1. The Morgan fingerprint density at radius 1 is 1.41 bits per heavy atom. The molecule has 0 bridgehead atoms. The highest BCUT2D eigenvalue weighted by Gasteiger charge is 2.17. The summed E-state index contributed by atoms with van der Waals surface area (Å²) in [7, 11) is 0. The molecular formula is C13H16N2O2. The molecule has 1 aromatic rings. The van der Waals surface area contributed by atoms with E-state index in [1.165, 1.54) is 0 Å².